The molecular weight excluding hydrogens is 176 g/mol. The van der Waals surface area contributed by atoms with Crippen LogP contribution in [0.2, 0.25) is 0 Å². The summed E-state index contributed by atoms with van der Waals surface area (Å²) in [7, 11) is 0. The van der Waals surface area contributed by atoms with Gasteiger partial charge in [-0.15, -0.1) is 0 Å². The molecule has 2 heteroatoms. The molecule has 0 amide bonds. The lowest BCUT2D eigenvalue weighted by Gasteiger charge is -2.37. The minimum absolute atomic E-state index is 0.0110. The van der Waals surface area contributed by atoms with Crippen LogP contribution in [0.25, 0.3) is 0 Å². The number of Topliss-reactive ketones (excluding diaryl/α,β-unsaturated/α-hetero) is 1. The number of hydrogen-bond donors (Lipinski definition) is 1. The van der Waals surface area contributed by atoms with Crippen LogP contribution in [0.3, 0.4) is 0 Å². The van der Waals surface area contributed by atoms with E-state index >= 15 is 0 Å². The van der Waals surface area contributed by atoms with Crippen molar-refractivity contribution in [3.8, 4) is 0 Å². The number of ketones is 1. The summed E-state index contributed by atoms with van der Waals surface area (Å²) < 4.78 is 0. The third-order valence-electron chi connectivity index (χ3n) is 3.21. The van der Waals surface area contributed by atoms with Crippen LogP contribution in [-0.2, 0) is 4.79 Å². The van der Waals surface area contributed by atoms with Crippen molar-refractivity contribution in [1.82, 2.24) is 0 Å². The molecule has 0 aromatic heterocycles. The maximum atomic E-state index is 12.0. The summed E-state index contributed by atoms with van der Waals surface area (Å²) in [4.78, 5) is 12.0. The highest BCUT2D eigenvalue weighted by Gasteiger charge is 2.43. The molecule has 0 unspecified atom stereocenters. The Hall–Kier alpha value is -0.370. The molecule has 0 aliphatic heterocycles. The van der Waals surface area contributed by atoms with Gasteiger partial charge in [0.15, 0.2) is 5.78 Å². The third-order valence-corrected chi connectivity index (χ3v) is 3.21. The summed E-state index contributed by atoms with van der Waals surface area (Å²) in [5.41, 5.74) is -1.46. The lowest BCUT2D eigenvalue weighted by molar-refractivity contribution is -0.149. The molecule has 0 atom stereocenters. The van der Waals surface area contributed by atoms with Gasteiger partial charge in [0.25, 0.3) is 0 Å². The van der Waals surface area contributed by atoms with Crippen molar-refractivity contribution in [2.24, 2.45) is 11.3 Å². The fraction of sp³-hybridized carbons (Fsp3) is 0.917. The second kappa shape index (κ2) is 3.65. The van der Waals surface area contributed by atoms with Gasteiger partial charge in [0.05, 0.1) is 0 Å². The first-order valence-corrected chi connectivity index (χ1v) is 5.53. The Balaban J connectivity index is 2.72. The zero-order chi connectivity index (χ0) is 11.0. The second-order valence-electron chi connectivity index (χ2n) is 5.79. The van der Waals surface area contributed by atoms with Gasteiger partial charge in [0.1, 0.15) is 5.60 Å². The SMILES string of the molecule is CC1CCC(O)(C(=O)C(C)(C)C)CC1. The largest absolute Gasteiger partial charge is 0.382 e. The Morgan fingerprint density at radius 1 is 1.29 bits per heavy atom. The Morgan fingerprint density at radius 3 is 2.07 bits per heavy atom. The minimum Gasteiger partial charge on any atom is -0.382 e. The van der Waals surface area contributed by atoms with Gasteiger partial charge in [0, 0.05) is 5.41 Å². The van der Waals surface area contributed by atoms with E-state index in [1.807, 2.05) is 20.8 Å². The van der Waals surface area contributed by atoms with Crippen molar-refractivity contribution in [3.05, 3.63) is 0 Å². The molecule has 2 nitrogen and oxygen atoms in total. The molecule has 0 aromatic carbocycles. The number of hydrogen-bond acceptors (Lipinski definition) is 2. The number of aliphatic hydroxyl groups is 1. The van der Waals surface area contributed by atoms with Crippen LogP contribution < -0.4 is 0 Å². The molecule has 1 fully saturated rings. The average molecular weight is 198 g/mol. The zero-order valence-electron chi connectivity index (χ0n) is 9.76. The summed E-state index contributed by atoms with van der Waals surface area (Å²) in [6, 6.07) is 0. The van der Waals surface area contributed by atoms with E-state index in [0.717, 1.165) is 12.8 Å². The van der Waals surface area contributed by atoms with Crippen LogP contribution in [0.1, 0.15) is 53.4 Å². The van der Waals surface area contributed by atoms with Crippen molar-refractivity contribution in [2.75, 3.05) is 0 Å². The fourth-order valence-corrected chi connectivity index (χ4v) is 2.16. The Morgan fingerprint density at radius 2 is 1.71 bits per heavy atom. The second-order valence-corrected chi connectivity index (χ2v) is 5.79. The number of carbonyl (C=O) groups is 1. The van der Waals surface area contributed by atoms with Gasteiger partial charge in [0.2, 0.25) is 0 Å². The molecule has 1 aliphatic carbocycles. The van der Waals surface area contributed by atoms with E-state index in [9.17, 15) is 9.90 Å². The summed E-state index contributed by atoms with van der Waals surface area (Å²) in [5, 5.41) is 10.2. The molecule has 0 saturated heterocycles. The van der Waals surface area contributed by atoms with Crippen molar-refractivity contribution in [1.29, 1.82) is 0 Å². The first kappa shape index (κ1) is 11.7. The molecule has 14 heavy (non-hydrogen) atoms. The van der Waals surface area contributed by atoms with E-state index in [1.165, 1.54) is 0 Å². The molecule has 0 radical (unpaired) electrons. The lowest BCUT2D eigenvalue weighted by Crippen LogP contribution is -2.47. The van der Waals surface area contributed by atoms with Gasteiger partial charge in [-0.3, -0.25) is 4.79 Å². The predicted octanol–water partition coefficient (Wildman–Crippen LogP) is 2.54. The minimum atomic E-state index is -1.04. The van der Waals surface area contributed by atoms with E-state index < -0.39 is 11.0 Å². The van der Waals surface area contributed by atoms with E-state index in [1.54, 1.807) is 0 Å². The van der Waals surface area contributed by atoms with Gasteiger partial charge >= 0.3 is 0 Å². The number of carbonyl (C=O) groups excluding carboxylic acids is 1. The Bertz CT molecular complexity index is 217. The molecule has 1 rings (SSSR count). The van der Waals surface area contributed by atoms with Crippen LogP contribution in [0.4, 0.5) is 0 Å². The van der Waals surface area contributed by atoms with Crippen LogP contribution in [0, 0.1) is 11.3 Å². The van der Waals surface area contributed by atoms with Crippen LogP contribution in [0.15, 0.2) is 0 Å². The van der Waals surface area contributed by atoms with Gasteiger partial charge < -0.3 is 5.11 Å². The summed E-state index contributed by atoms with van der Waals surface area (Å²) in [6.45, 7) is 7.82. The van der Waals surface area contributed by atoms with Crippen LogP contribution >= 0.6 is 0 Å². The van der Waals surface area contributed by atoms with Crippen molar-refractivity contribution < 1.29 is 9.90 Å². The van der Waals surface area contributed by atoms with Crippen molar-refractivity contribution in [3.63, 3.8) is 0 Å². The van der Waals surface area contributed by atoms with Crippen LogP contribution in [0.5, 0.6) is 0 Å². The smallest absolute Gasteiger partial charge is 0.169 e. The molecule has 0 aromatic rings. The van der Waals surface area contributed by atoms with Crippen molar-refractivity contribution >= 4 is 5.78 Å². The van der Waals surface area contributed by atoms with Gasteiger partial charge in [-0.2, -0.15) is 0 Å². The molecule has 1 N–H and O–H groups in total. The lowest BCUT2D eigenvalue weighted by atomic mass is 9.71. The van der Waals surface area contributed by atoms with Gasteiger partial charge in [-0.05, 0) is 31.6 Å². The molecule has 0 heterocycles. The molecule has 1 saturated carbocycles. The predicted molar refractivity (Wildman–Crippen MR) is 57.0 cm³/mol. The highest BCUT2D eigenvalue weighted by Crippen LogP contribution is 2.36. The Kier molecular flexibility index (Phi) is 3.05. The van der Waals surface area contributed by atoms with Gasteiger partial charge in [-0.1, -0.05) is 27.7 Å². The van der Waals surface area contributed by atoms with Crippen molar-refractivity contribution in [2.45, 2.75) is 59.0 Å². The monoisotopic (exact) mass is 198 g/mol. The average Bonchev–Trinajstić information content (AvgIpc) is 2.08. The highest BCUT2D eigenvalue weighted by atomic mass is 16.3. The topological polar surface area (TPSA) is 37.3 Å². The molecule has 1 aliphatic rings. The Labute approximate surface area is 86.7 Å². The van der Waals surface area contributed by atoms with E-state index in [2.05, 4.69) is 6.92 Å². The fourth-order valence-electron chi connectivity index (χ4n) is 2.16. The van der Waals surface area contributed by atoms with E-state index in [-0.39, 0.29) is 5.78 Å². The van der Waals surface area contributed by atoms with Gasteiger partial charge in [-0.25, -0.2) is 0 Å². The number of rotatable bonds is 1. The summed E-state index contributed by atoms with van der Waals surface area (Å²) >= 11 is 0. The molecule has 0 spiro atoms. The highest BCUT2D eigenvalue weighted by molar-refractivity contribution is 5.91. The zero-order valence-corrected chi connectivity index (χ0v) is 9.76. The summed E-state index contributed by atoms with van der Waals surface area (Å²) in [5.74, 6) is 0.667. The molecular formula is C12H22O2. The normalized spacial score (nSPS) is 34.2. The standard InChI is InChI=1S/C12H22O2/c1-9-5-7-12(14,8-6-9)10(13)11(2,3)4/h9,14H,5-8H2,1-4H3. The molecule has 82 valence electrons. The third kappa shape index (κ3) is 2.35. The van der Waals surface area contributed by atoms with E-state index in [4.69, 9.17) is 0 Å². The first-order chi connectivity index (χ1) is 6.26. The quantitative estimate of drug-likeness (QED) is 0.703. The molecule has 0 bridgehead atoms. The van der Waals surface area contributed by atoms with E-state index in [0.29, 0.717) is 18.8 Å². The first-order valence-electron chi connectivity index (χ1n) is 5.53. The maximum Gasteiger partial charge on any atom is 0.169 e. The summed E-state index contributed by atoms with van der Waals surface area (Å²) in [6.07, 6.45) is 3.23. The van der Waals surface area contributed by atoms with Crippen LogP contribution in [-0.4, -0.2) is 16.5 Å². The maximum absolute atomic E-state index is 12.0.